The van der Waals surface area contributed by atoms with Crippen molar-refractivity contribution in [3.63, 3.8) is 0 Å². The monoisotopic (exact) mass is 303 g/mol. The predicted molar refractivity (Wildman–Crippen MR) is 78.2 cm³/mol. The van der Waals surface area contributed by atoms with Crippen LogP contribution in [0.1, 0.15) is 10.5 Å². The zero-order valence-corrected chi connectivity index (χ0v) is 11.8. The molecule has 0 bridgehead atoms. The van der Waals surface area contributed by atoms with Gasteiger partial charge in [0, 0.05) is 11.0 Å². The lowest BCUT2D eigenvalue weighted by Gasteiger charge is -2.07. The van der Waals surface area contributed by atoms with Gasteiger partial charge in [-0.15, -0.1) is 0 Å². The van der Waals surface area contributed by atoms with Crippen molar-refractivity contribution in [2.24, 2.45) is 0 Å². The van der Waals surface area contributed by atoms with Crippen LogP contribution < -0.4 is 5.32 Å². The number of nitrogens with zero attached hydrogens (tertiary/aromatic N) is 1. The number of benzene rings is 1. The molecule has 1 atom stereocenters. The minimum atomic E-state index is -3.18. The van der Waals surface area contributed by atoms with Gasteiger partial charge in [-0.25, -0.2) is 8.42 Å². The molecule has 0 spiro atoms. The van der Waals surface area contributed by atoms with Gasteiger partial charge < -0.3 is 5.32 Å². The van der Waals surface area contributed by atoms with Crippen LogP contribution in [0, 0.1) is 0 Å². The molecule has 2 heterocycles. The average molecular weight is 303 g/mol. The largest absolute Gasteiger partial charge is 0.343 e. The van der Waals surface area contributed by atoms with Crippen molar-refractivity contribution < 1.29 is 13.2 Å². The number of aromatic amines is 1. The Morgan fingerprint density at radius 2 is 2.05 bits per heavy atom. The lowest BCUT2D eigenvalue weighted by Crippen LogP contribution is -2.35. The summed E-state index contributed by atoms with van der Waals surface area (Å²) in [6.07, 6.45) is 1.47. The molecule has 0 saturated carbocycles. The number of carbonyl (C=O) groups is 1. The third-order valence-corrected chi connectivity index (χ3v) is 4.53. The fourth-order valence-corrected chi connectivity index (χ4v) is 3.34. The highest BCUT2D eigenvalue weighted by Gasteiger charge is 2.24. The lowest BCUT2D eigenvalue weighted by molar-refractivity contribution is 0.0942. The average Bonchev–Trinajstić information content (AvgIpc) is 3.07. The van der Waals surface area contributed by atoms with E-state index in [-0.39, 0.29) is 11.7 Å². The van der Waals surface area contributed by atoms with Crippen LogP contribution in [0.3, 0.4) is 0 Å². The first-order valence-corrected chi connectivity index (χ1v) is 8.08. The zero-order valence-electron chi connectivity index (χ0n) is 11.0. The Morgan fingerprint density at radius 1 is 1.29 bits per heavy atom. The Hall–Kier alpha value is -2.41. The second kappa shape index (κ2) is 5.17. The molecule has 0 saturated heterocycles. The van der Waals surface area contributed by atoms with Gasteiger partial charge in [0.15, 0.2) is 9.84 Å². The number of H-pyrrole nitrogens is 1. The van der Waals surface area contributed by atoms with Gasteiger partial charge in [0.25, 0.3) is 5.91 Å². The first-order valence-electron chi connectivity index (χ1n) is 6.36. The van der Waals surface area contributed by atoms with Crippen LogP contribution in [0.25, 0.3) is 11.3 Å². The van der Waals surface area contributed by atoms with Crippen LogP contribution in [-0.2, 0) is 9.84 Å². The molecule has 3 rings (SSSR count). The summed E-state index contributed by atoms with van der Waals surface area (Å²) in [6.45, 7) is 0. The molecule has 1 aliphatic heterocycles. The van der Waals surface area contributed by atoms with E-state index in [1.165, 1.54) is 6.08 Å². The number of hydrogen-bond acceptors (Lipinski definition) is 4. The van der Waals surface area contributed by atoms with Gasteiger partial charge in [-0.2, -0.15) is 5.10 Å². The fraction of sp³-hybridized carbons (Fsp3) is 0.143. The van der Waals surface area contributed by atoms with E-state index in [9.17, 15) is 13.2 Å². The highest BCUT2D eigenvalue weighted by Crippen LogP contribution is 2.17. The Bertz CT molecular complexity index is 794. The van der Waals surface area contributed by atoms with E-state index in [1.54, 1.807) is 6.07 Å². The van der Waals surface area contributed by atoms with Crippen LogP contribution in [0.4, 0.5) is 0 Å². The Labute approximate surface area is 121 Å². The second-order valence-corrected chi connectivity index (χ2v) is 6.70. The minimum Gasteiger partial charge on any atom is -0.343 e. The summed E-state index contributed by atoms with van der Waals surface area (Å²) in [5, 5.41) is 10.5. The van der Waals surface area contributed by atoms with Gasteiger partial charge in [0.2, 0.25) is 0 Å². The van der Waals surface area contributed by atoms with Crippen molar-refractivity contribution in [3.8, 4) is 11.3 Å². The second-order valence-electron chi connectivity index (χ2n) is 4.77. The van der Waals surface area contributed by atoms with Crippen LogP contribution in [-0.4, -0.2) is 36.3 Å². The van der Waals surface area contributed by atoms with Crippen LogP contribution in [0.15, 0.2) is 47.9 Å². The third kappa shape index (κ3) is 3.03. The molecule has 1 aromatic heterocycles. The number of rotatable bonds is 3. The molecule has 2 aromatic rings. The lowest BCUT2D eigenvalue weighted by atomic mass is 10.1. The normalized spacial score (nSPS) is 19.5. The molecule has 0 aliphatic carbocycles. The first kappa shape index (κ1) is 13.6. The van der Waals surface area contributed by atoms with Crippen molar-refractivity contribution in [1.82, 2.24) is 15.5 Å². The maximum Gasteiger partial charge on any atom is 0.269 e. The standard InChI is InChI=1S/C14H13N3O3S/c18-14(15-11-6-7-21(19,20)9-11)13-8-12(16-17-13)10-4-2-1-3-5-10/h1-8,11H,9H2,(H,15,18)(H,16,17)/t11-/m0/s1. The number of hydrogen-bond donors (Lipinski definition) is 2. The maximum atomic E-state index is 12.0. The van der Waals surface area contributed by atoms with Crippen LogP contribution >= 0.6 is 0 Å². The molecule has 1 aromatic carbocycles. The third-order valence-electron chi connectivity index (χ3n) is 3.14. The van der Waals surface area contributed by atoms with E-state index < -0.39 is 15.9 Å². The van der Waals surface area contributed by atoms with E-state index in [1.807, 2.05) is 30.3 Å². The van der Waals surface area contributed by atoms with Crippen molar-refractivity contribution >= 4 is 15.7 Å². The molecule has 2 N–H and O–H groups in total. The summed E-state index contributed by atoms with van der Waals surface area (Å²) in [6, 6.07) is 10.6. The highest BCUT2D eigenvalue weighted by molar-refractivity contribution is 7.94. The number of sulfone groups is 1. The van der Waals surface area contributed by atoms with Gasteiger partial charge in [-0.3, -0.25) is 9.89 Å². The summed E-state index contributed by atoms with van der Waals surface area (Å²) in [5.74, 6) is -0.477. The SMILES string of the molecule is O=C(N[C@H]1C=CS(=O)(=O)C1)c1cc(-c2ccccc2)n[nH]1. The molecule has 21 heavy (non-hydrogen) atoms. The summed E-state index contributed by atoms with van der Waals surface area (Å²) < 4.78 is 22.6. The van der Waals surface area contributed by atoms with E-state index in [4.69, 9.17) is 0 Å². The topological polar surface area (TPSA) is 91.9 Å². The predicted octanol–water partition coefficient (Wildman–Crippen LogP) is 1.12. The number of amides is 1. The molecular weight excluding hydrogens is 290 g/mol. The van der Waals surface area contributed by atoms with Crippen LogP contribution in [0.2, 0.25) is 0 Å². The van der Waals surface area contributed by atoms with Gasteiger partial charge >= 0.3 is 0 Å². The molecular formula is C14H13N3O3S. The quantitative estimate of drug-likeness (QED) is 0.888. The number of nitrogens with one attached hydrogen (secondary N) is 2. The van der Waals surface area contributed by atoms with E-state index in [0.717, 1.165) is 11.0 Å². The molecule has 7 heteroatoms. The zero-order chi connectivity index (χ0) is 14.9. The Morgan fingerprint density at radius 3 is 2.71 bits per heavy atom. The fourth-order valence-electron chi connectivity index (χ4n) is 2.11. The Kier molecular flexibility index (Phi) is 3.34. The minimum absolute atomic E-state index is 0.0988. The summed E-state index contributed by atoms with van der Waals surface area (Å²) in [7, 11) is -3.18. The maximum absolute atomic E-state index is 12.0. The number of aromatic nitrogens is 2. The summed E-state index contributed by atoms with van der Waals surface area (Å²) in [4.78, 5) is 12.0. The molecule has 0 fully saturated rings. The molecule has 108 valence electrons. The van der Waals surface area contributed by atoms with E-state index in [0.29, 0.717) is 11.4 Å². The summed E-state index contributed by atoms with van der Waals surface area (Å²) in [5.41, 5.74) is 1.86. The summed E-state index contributed by atoms with van der Waals surface area (Å²) >= 11 is 0. The van der Waals surface area contributed by atoms with Gasteiger partial charge in [0.1, 0.15) is 5.69 Å². The molecule has 1 aliphatic rings. The van der Waals surface area contributed by atoms with Crippen LogP contribution in [0.5, 0.6) is 0 Å². The molecule has 0 unspecified atom stereocenters. The van der Waals surface area contributed by atoms with Crippen molar-refractivity contribution in [2.75, 3.05) is 5.75 Å². The van der Waals surface area contributed by atoms with Gasteiger partial charge in [-0.05, 0) is 12.1 Å². The van der Waals surface area contributed by atoms with E-state index in [2.05, 4.69) is 15.5 Å². The van der Waals surface area contributed by atoms with E-state index >= 15 is 0 Å². The first-order chi connectivity index (χ1) is 10.0. The Balaban J connectivity index is 1.72. The molecule has 6 nitrogen and oxygen atoms in total. The number of carbonyl (C=O) groups excluding carboxylic acids is 1. The van der Waals surface area contributed by atoms with Crippen molar-refractivity contribution in [3.05, 3.63) is 53.6 Å². The smallest absolute Gasteiger partial charge is 0.269 e. The highest BCUT2D eigenvalue weighted by atomic mass is 32.2. The molecule has 1 amide bonds. The van der Waals surface area contributed by atoms with Crippen molar-refractivity contribution in [1.29, 1.82) is 0 Å². The van der Waals surface area contributed by atoms with Gasteiger partial charge in [0.05, 0.1) is 17.5 Å². The molecule has 0 radical (unpaired) electrons. The van der Waals surface area contributed by atoms with Crippen molar-refractivity contribution in [2.45, 2.75) is 6.04 Å². The van der Waals surface area contributed by atoms with Gasteiger partial charge in [-0.1, -0.05) is 30.3 Å².